The first kappa shape index (κ1) is 12.1. The van der Waals surface area contributed by atoms with E-state index in [1.54, 1.807) is 24.5 Å². The second kappa shape index (κ2) is 5.82. The Morgan fingerprint density at radius 3 is 2.44 bits per heavy atom. The molecule has 2 aromatic carbocycles. The van der Waals surface area contributed by atoms with Crippen molar-refractivity contribution in [2.75, 3.05) is 0 Å². The molecule has 0 heterocycles. The Hall–Kier alpha value is -2.35. The van der Waals surface area contributed by atoms with E-state index >= 15 is 0 Å². The molecule has 0 fully saturated rings. The van der Waals surface area contributed by atoms with Crippen LogP contribution in [-0.4, -0.2) is 5.78 Å². The summed E-state index contributed by atoms with van der Waals surface area (Å²) < 4.78 is 5.35. The number of hydrogen-bond acceptors (Lipinski definition) is 2. The zero-order valence-corrected chi connectivity index (χ0v) is 10.2. The minimum Gasteiger partial charge on any atom is -0.465 e. The molecule has 0 amide bonds. The van der Waals surface area contributed by atoms with E-state index in [2.05, 4.69) is 0 Å². The summed E-state index contributed by atoms with van der Waals surface area (Å²) >= 11 is 0. The van der Waals surface area contributed by atoms with Crippen LogP contribution in [0.1, 0.15) is 22.8 Å². The Kier molecular flexibility index (Phi) is 3.92. The van der Waals surface area contributed by atoms with E-state index in [-0.39, 0.29) is 5.78 Å². The highest BCUT2D eigenvalue weighted by atomic mass is 16.5. The summed E-state index contributed by atoms with van der Waals surface area (Å²) in [6.07, 6.45) is 3.39. The lowest BCUT2D eigenvalue weighted by Crippen LogP contribution is -2.00. The van der Waals surface area contributed by atoms with Crippen LogP contribution in [0.3, 0.4) is 0 Å². The highest BCUT2D eigenvalue weighted by Crippen LogP contribution is 2.16. The molecule has 2 rings (SSSR count). The van der Waals surface area contributed by atoms with E-state index in [1.165, 1.54) is 0 Å². The zero-order valence-electron chi connectivity index (χ0n) is 10.2. The van der Waals surface area contributed by atoms with Crippen molar-refractivity contribution in [3.8, 4) is 5.75 Å². The van der Waals surface area contributed by atoms with Gasteiger partial charge in [-0.15, -0.1) is 0 Å². The molecule has 2 aromatic rings. The fraction of sp³-hybridized carbons (Fsp3) is 0.0625. The van der Waals surface area contributed by atoms with Crippen molar-refractivity contribution in [1.29, 1.82) is 0 Å². The third kappa shape index (κ3) is 2.86. The van der Waals surface area contributed by atoms with Crippen LogP contribution in [-0.2, 0) is 0 Å². The minimum atomic E-state index is 0.00141. The Labute approximate surface area is 107 Å². The molecule has 0 saturated carbocycles. The number of allylic oxidation sites excluding steroid dienone is 1. The molecule has 0 aliphatic rings. The summed E-state index contributed by atoms with van der Waals surface area (Å²) in [6.45, 7) is 1.87. The van der Waals surface area contributed by atoms with Crippen LogP contribution in [0.2, 0.25) is 0 Å². The maximum atomic E-state index is 12.2. The molecule has 2 heteroatoms. The summed E-state index contributed by atoms with van der Waals surface area (Å²) in [5.74, 6) is 0.663. The van der Waals surface area contributed by atoms with Gasteiger partial charge in [0, 0.05) is 11.1 Å². The predicted molar refractivity (Wildman–Crippen MR) is 71.8 cm³/mol. The molecule has 0 N–H and O–H groups in total. The number of rotatable bonds is 4. The number of ketones is 1. The van der Waals surface area contributed by atoms with Crippen LogP contribution in [0.25, 0.3) is 0 Å². The van der Waals surface area contributed by atoms with Gasteiger partial charge in [0.2, 0.25) is 0 Å². The van der Waals surface area contributed by atoms with Crippen LogP contribution in [0.15, 0.2) is 66.9 Å². The van der Waals surface area contributed by atoms with Gasteiger partial charge in [0.05, 0.1) is 6.26 Å². The van der Waals surface area contributed by atoms with Crippen LogP contribution < -0.4 is 4.74 Å². The lowest BCUT2D eigenvalue weighted by atomic mass is 10.0. The molecule has 0 saturated heterocycles. The molecular weight excluding hydrogens is 224 g/mol. The number of carbonyl (C=O) groups excluding carboxylic acids is 1. The van der Waals surface area contributed by atoms with Gasteiger partial charge in [-0.3, -0.25) is 4.79 Å². The van der Waals surface area contributed by atoms with Crippen molar-refractivity contribution >= 4 is 5.78 Å². The number of ether oxygens (including phenoxy) is 1. The van der Waals surface area contributed by atoms with E-state index < -0.39 is 0 Å². The van der Waals surface area contributed by atoms with E-state index in [0.717, 1.165) is 0 Å². The Morgan fingerprint density at radius 2 is 1.72 bits per heavy atom. The van der Waals surface area contributed by atoms with Crippen LogP contribution in [0.4, 0.5) is 0 Å². The van der Waals surface area contributed by atoms with Crippen LogP contribution in [0, 0.1) is 0 Å². The fourth-order valence-corrected chi connectivity index (χ4v) is 1.61. The third-order valence-electron chi connectivity index (χ3n) is 2.47. The second-order valence-electron chi connectivity index (χ2n) is 3.81. The quantitative estimate of drug-likeness (QED) is 0.597. The lowest BCUT2D eigenvalue weighted by Gasteiger charge is -2.04. The van der Waals surface area contributed by atoms with E-state index in [9.17, 15) is 4.79 Å². The van der Waals surface area contributed by atoms with Gasteiger partial charge < -0.3 is 4.74 Å². The average Bonchev–Trinajstić information content (AvgIpc) is 2.45. The standard InChI is InChI=1S/C16H14O2/c1-2-11-18-15-10-6-9-14(12-15)16(17)13-7-4-3-5-8-13/h2-12H,1H3/b11-2-. The molecule has 0 bridgehead atoms. The van der Waals surface area contributed by atoms with Gasteiger partial charge in [-0.25, -0.2) is 0 Å². The molecule has 0 unspecified atom stereocenters. The second-order valence-corrected chi connectivity index (χ2v) is 3.81. The molecule has 0 spiro atoms. The zero-order chi connectivity index (χ0) is 12.8. The van der Waals surface area contributed by atoms with Crippen molar-refractivity contribution in [2.45, 2.75) is 6.92 Å². The monoisotopic (exact) mass is 238 g/mol. The minimum absolute atomic E-state index is 0.00141. The van der Waals surface area contributed by atoms with Gasteiger partial charge in [-0.2, -0.15) is 0 Å². The highest BCUT2D eigenvalue weighted by molar-refractivity contribution is 6.09. The normalized spacial score (nSPS) is 10.5. The van der Waals surface area contributed by atoms with Crippen molar-refractivity contribution in [3.05, 3.63) is 78.1 Å². The molecule has 18 heavy (non-hydrogen) atoms. The summed E-state index contributed by atoms with van der Waals surface area (Å²) in [6, 6.07) is 16.4. The predicted octanol–water partition coefficient (Wildman–Crippen LogP) is 3.83. The topological polar surface area (TPSA) is 26.3 Å². The molecule has 2 nitrogen and oxygen atoms in total. The summed E-state index contributed by atoms with van der Waals surface area (Å²) in [5, 5.41) is 0. The molecule has 0 radical (unpaired) electrons. The van der Waals surface area contributed by atoms with E-state index in [1.807, 2.05) is 49.4 Å². The van der Waals surface area contributed by atoms with Crippen molar-refractivity contribution in [1.82, 2.24) is 0 Å². The Morgan fingerprint density at radius 1 is 1.00 bits per heavy atom. The number of carbonyl (C=O) groups is 1. The first-order valence-corrected chi connectivity index (χ1v) is 5.79. The largest absolute Gasteiger partial charge is 0.465 e. The Bertz CT molecular complexity index is 556. The van der Waals surface area contributed by atoms with Gasteiger partial charge >= 0.3 is 0 Å². The SMILES string of the molecule is C/C=C\Oc1cccc(C(=O)c2ccccc2)c1. The summed E-state index contributed by atoms with van der Waals surface area (Å²) in [7, 11) is 0. The smallest absolute Gasteiger partial charge is 0.193 e. The van der Waals surface area contributed by atoms with Gasteiger partial charge in [0.1, 0.15) is 5.75 Å². The van der Waals surface area contributed by atoms with Gasteiger partial charge in [-0.05, 0) is 19.1 Å². The third-order valence-corrected chi connectivity index (χ3v) is 2.47. The van der Waals surface area contributed by atoms with Crippen molar-refractivity contribution in [2.24, 2.45) is 0 Å². The lowest BCUT2D eigenvalue weighted by molar-refractivity contribution is 0.103. The Balaban J connectivity index is 2.26. The van der Waals surface area contributed by atoms with Gasteiger partial charge in [0.25, 0.3) is 0 Å². The first-order valence-electron chi connectivity index (χ1n) is 5.79. The summed E-state index contributed by atoms with van der Waals surface area (Å²) in [5.41, 5.74) is 1.31. The number of hydrogen-bond donors (Lipinski definition) is 0. The molecule has 0 aromatic heterocycles. The highest BCUT2D eigenvalue weighted by Gasteiger charge is 2.08. The molecule has 90 valence electrons. The van der Waals surface area contributed by atoms with Crippen molar-refractivity contribution in [3.63, 3.8) is 0 Å². The van der Waals surface area contributed by atoms with Gasteiger partial charge in [-0.1, -0.05) is 48.5 Å². The summed E-state index contributed by atoms with van der Waals surface area (Å²) in [4.78, 5) is 12.2. The average molecular weight is 238 g/mol. The molecular formula is C16H14O2. The number of benzene rings is 2. The molecule has 0 aliphatic carbocycles. The van der Waals surface area contributed by atoms with Crippen molar-refractivity contribution < 1.29 is 9.53 Å². The first-order chi connectivity index (χ1) is 8.81. The van der Waals surface area contributed by atoms with E-state index in [4.69, 9.17) is 4.74 Å². The van der Waals surface area contributed by atoms with E-state index in [0.29, 0.717) is 16.9 Å². The van der Waals surface area contributed by atoms with Crippen LogP contribution in [0.5, 0.6) is 5.75 Å². The maximum Gasteiger partial charge on any atom is 0.193 e. The molecule has 0 atom stereocenters. The van der Waals surface area contributed by atoms with Crippen LogP contribution >= 0.6 is 0 Å². The molecule has 0 aliphatic heterocycles. The van der Waals surface area contributed by atoms with Gasteiger partial charge in [0.15, 0.2) is 5.78 Å². The maximum absolute atomic E-state index is 12.2. The fourth-order valence-electron chi connectivity index (χ4n) is 1.61.